The lowest BCUT2D eigenvalue weighted by Gasteiger charge is -2.21. The molecule has 2 atom stereocenters. The number of nitrogens with two attached hydrogens (primary N) is 1. The van der Waals surface area contributed by atoms with Gasteiger partial charge < -0.3 is 16.4 Å². The largest absolute Gasteiger partial charge is 0.327 e. The molecule has 1 fully saturated rings. The van der Waals surface area contributed by atoms with E-state index < -0.39 is 17.5 Å². The van der Waals surface area contributed by atoms with Crippen molar-refractivity contribution in [2.45, 2.75) is 31.8 Å². The minimum atomic E-state index is -1.14. The molecule has 1 aliphatic rings. The molecule has 0 aromatic heterocycles. The van der Waals surface area contributed by atoms with E-state index in [1.54, 1.807) is 38.1 Å². The number of urea groups is 1. The molecule has 2 unspecified atom stereocenters. The standard InChI is InChI=1S/C14H18N4O3.ClH/c1-8(15)6-11(19)16-10-5-3-4-9(7-10)14(2)12(20)17-13(21)18-14;/h3-5,7-8H,6,15H2,1-2H3,(H,16,19)(H2,17,18,20,21);1H. The Morgan fingerprint density at radius 1 is 1.41 bits per heavy atom. The zero-order valence-electron chi connectivity index (χ0n) is 12.3. The van der Waals surface area contributed by atoms with E-state index in [4.69, 9.17) is 5.73 Å². The SMILES string of the molecule is CC(N)CC(=O)Nc1cccc(C2(C)NC(=O)NC2=O)c1.Cl. The minimum absolute atomic E-state index is 0. The molecule has 2 rings (SSSR count). The van der Waals surface area contributed by atoms with Crippen molar-refractivity contribution < 1.29 is 14.4 Å². The summed E-state index contributed by atoms with van der Waals surface area (Å²) in [4.78, 5) is 34.9. The summed E-state index contributed by atoms with van der Waals surface area (Å²) in [6, 6.07) is 6.02. The highest BCUT2D eigenvalue weighted by molar-refractivity contribution is 6.07. The number of hydrogen-bond acceptors (Lipinski definition) is 4. The van der Waals surface area contributed by atoms with Crippen LogP contribution in [-0.2, 0) is 15.1 Å². The quantitative estimate of drug-likeness (QED) is 0.614. The van der Waals surface area contributed by atoms with E-state index in [1.165, 1.54) is 0 Å². The van der Waals surface area contributed by atoms with Crippen LogP contribution in [0.4, 0.5) is 10.5 Å². The first-order chi connectivity index (χ1) is 9.81. The summed E-state index contributed by atoms with van der Waals surface area (Å²) in [6.45, 7) is 3.35. The molecule has 1 aliphatic heterocycles. The fourth-order valence-electron chi connectivity index (χ4n) is 2.16. The number of nitrogens with one attached hydrogen (secondary N) is 3. The average Bonchev–Trinajstić information content (AvgIpc) is 2.63. The number of halogens is 1. The molecule has 0 radical (unpaired) electrons. The van der Waals surface area contributed by atoms with Crippen molar-refractivity contribution in [3.8, 4) is 0 Å². The number of carbonyl (C=O) groups excluding carboxylic acids is 3. The number of benzene rings is 1. The number of carbonyl (C=O) groups is 3. The molecule has 1 heterocycles. The Kier molecular flexibility index (Phi) is 5.51. The van der Waals surface area contributed by atoms with Crippen molar-refractivity contribution in [1.82, 2.24) is 10.6 Å². The number of hydrogen-bond donors (Lipinski definition) is 4. The van der Waals surface area contributed by atoms with E-state index in [-0.39, 0.29) is 30.8 Å². The highest BCUT2D eigenvalue weighted by Crippen LogP contribution is 2.26. The van der Waals surface area contributed by atoms with Crippen LogP contribution in [0.15, 0.2) is 24.3 Å². The Labute approximate surface area is 134 Å². The summed E-state index contributed by atoms with van der Waals surface area (Å²) in [5.74, 6) is -0.626. The maximum Gasteiger partial charge on any atom is 0.322 e. The minimum Gasteiger partial charge on any atom is -0.327 e. The average molecular weight is 327 g/mol. The van der Waals surface area contributed by atoms with E-state index in [0.717, 1.165) is 0 Å². The number of anilines is 1. The van der Waals surface area contributed by atoms with Gasteiger partial charge in [-0.25, -0.2) is 4.79 Å². The van der Waals surface area contributed by atoms with Crippen molar-refractivity contribution in [1.29, 1.82) is 0 Å². The van der Waals surface area contributed by atoms with Gasteiger partial charge in [-0.15, -0.1) is 12.4 Å². The second-order valence-corrected chi connectivity index (χ2v) is 5.34. The van der Waals surface area contributed by atoms with E-state index >= 15 is 0 Å². The molecule has 7 nitrogen and oxygen atoms in total. The predicted octanol–water partition coefficient (Wildman–Crippen LogP) is 0.839. The van der Waals surface area contributed by atoms with Gasteiger partial charge in [0.2, 0.25) is 5.91 Å². The van der Waals surface area contributed by atoms with Gasteiger partial charge in [0.05, 0.1) is 0 Å². The lowest BCUT2D eigenvalue weighted by molar-refractivity contribution is -0.123. The van der Waals surface area contributed by atoms with Crippen LogP contribution in [0.5, 0.6) is 0 Å². The smallest absolute Gasteiger partial charge is 0.322 e. The third kappa shape index (κ3) is 3.75. The molecule has 0 aliphatic carbocycles. The second-order valence-electron chi connectivity index (χ2n) is 5.34. The van der Waals surface area contributed by atoms with Gasteiger partial charge in [0.15, 0.2) is 0 Å². The van der Waals surface area contributed by atoms with Crippen LogP contribution in [0.25, 0.3) is 0 Å². The van der Waals surface area contributed by atoms with Gasteiger partial charge in [0.25, 0.3) is 5.91 Å². The van der Waals surface area contributed by atoms with Gasteiger partial charge in [-0.1, -0.05) is 12.1 Å². The molecular formula is C14H19ClN4O3. The van der Waals surface area contributed by atoms with Gasteiger partial charge in [0, 0.05) is 18.2 Å². The Morgan fingerprint density at radius 3 is 2.64 bits per heavy atom. The summed E-state index contributed by atoms with van der Waals surface area (Å²) in [6.07, 6.45) is 0.207. The van der Waals surface area contributed by atoms with Crippen LogP contribution in [0.2, 0.25) is 0 Å². The van der Waals surface area contributed by atoms with Crippen LogP contribution in [0.1, 0.15) is 25.8 Å². The van der Waals surface area contributed by atoms with Crippen molar-refractivity contribution in [3.05, 3.63) is 29.8 Å². The van der Waals surface area contributed by atoms with E-state index in [1.807, 2.05) is 0 Å². The van der Waals surface area contributed by atoms with Crippen LogP contribution >= 0.6 is 12.4 Å². The molecule has 0 saturated carbocycles. The summed E-state index contributed by atoms with van der Waals surface area (Å²) >= 11 is 0. The predicted molar refractivity (Wildman–Crippen MR) is 84.6 cm³/mol. The van der Waals surface area contributed by atoms with Gasteiger partial charge in [0.1, 0.15) is 5.54 Å². The Bertz CT molecular complexity index is 606. The molecule has 5 N–H and O–H groups in total. The lowest BCUT2D eigenvalue weighted by atomic mass is 9.92. The maximum atomic E-state index is 11.9. The van der Waals surface area contributed by atoms with Gasteiger partial charge >= 0.3 is 6.03 Å². The second kappa shape index (κ2) is 6.76. The first kappa shape index (κ1) is 17.9. The molecule has 0 spiro atoms. The molecule has 4 amide bonds. The first-order valence-electron chi connectivity index (χ1n) is 6.61. The van der Waals surface area contributed by atoms with E-state index in [2.05, 4.69) is 16.0 Å². The van der Waals surface area contributed by atoms with E-state index in [0.29, 0.717) is 11.3 Å². The van der Waals surface area contributed by atoms with Crippen LogP contribution < -0.4 is 21.7 Å². The Morgan fingerprint density at radius 2 is 2.09 bits per heavy atom. The molecule has 0 bridgehead atoms. The molecule has 1 aromatic rings. The number of amides is 4. The monoisotopic (exact) mass is 326 g/mol. The first-order valence-corrected chi connectivity index (χ1v) is 6.61. The molecule has 120 valence electrons. The summed E-state index contributed by atoms with van der Waals surface area (Å²) in [7, 11) is 0. The van der Waals surface area contributed by atoms with Crippen molar-refractivity contribution >= 4 is 35.9 Å². The normalized spacial score (nSPS) is 21.4. The summed E-state index contributed by atoms with van der Waals surface area (Å²) in [5.41, 5.74) is 5.57. The van der Waals surface area contributed by atoms with Gasteiger partial charge in [-0.05, 0) is 31.5 Å². The lowest BCUT2D eigenvalue weighted by Crippen LogP contribution is -2.40. The third-order valence-corrected chi connectivity index (χ3v) is 3.28. The Hall–Kier alpha value is -2.12. The molecule has 8 heteroatoms. The van der Waals surface area contributed by atoms with Crippen LogP contribution in [-0.4, -0.2) is 23.9 Å². The van der Waals surface area contributed by atoms with Crippen molar-refractivity contribution in [3.63, 3.8) is 0 Å². The van der Waals surface area contributed by atoms with Crippen molar-refractivity contribution in [2.24, 2.45) is 5.73 Å². The van der Waals surface area contributed by atoms with Crippen LogP contribution in [0, 0.1) is 0 Å². The van der Waals surface area contributed by atoms with Crippen molar-refractivity contribution in [2.75, 3.05) is 5.32 Å². The van der Waals surface area contributed by atoms with Gasteiger partial charge in [-0.3, -0.25) is 14.9 Å². The zero-order chi connectivity index (χ0) is 15.6. The number of imide groups is 1. The fraction of sp³-hybridized carbons (Fsp3) is 0.357. The molecule has 1 aromatic carbocycles. The molecule has 22 heavy (non-hydrogen) atoms. The topological polar surface area (TPSA) is 113 Å². The zero-order valence-corrected chi connectivity index (χ0v) is 13.1. The maximum absolute atomic E-state index is 11.9. The van der Waals surface area contributed by atoms with E-state index in [9.17, 15) is 14.4 Å². The highest BCUT2D eigenvalue weighted by atomic mass is 35.5. The number of rotatable bonds is 4. The Balaban J connectivity index is 0.00000242. The molecular weight excluding hydrogens is 308 g/mol. The van der Waals surface area contributed by atoms with Crippen LogP contribution in [0.3, 0.4) is 0 Å². The summed E-state index contributed by atoms with van der Waals surface area (Å²) < 4.78 is 0. The van der Waals surface area contributed by atoms with Gasteiger partial charge in [-0.2, -0.15) is 0 Å². The third-order valence-electron chi connectivity index (χ3n) is 3.28. The molecule has 1 saturated heterocycles. The highest BCUT2D eigenvalue weighted by Gasteiger charge is 2.43. The summed E-state index contributed by atoms with van der Waals surface area (Å²) in [5, 5.41) is 7.49. The fourth-order valence-corrected chi connectivity index (χ4v) is 2.16.